The Kier molecular flexibility index (Phi) is 3.13. The fraction of sp³-hybridized carbons (Fsp3) is 0.385. The number of benzene rings is 1. The summed E-state index contributed by atoms with van der Waals surface area (Å²) in [6.07, 6.45) is 0.490. The van der Waals surface area contributed by atoms with Gasteiger partial charge in [0.05, 0.1) is 6.42 Å². The standard InChI is InChI=1S/C13H16N2O2/c1-14(2)10-4-3-5-11(8-10)15-7-6-12(16)9-13(15)17/h3-5,8H,6-7,9H2,1-2H3. The zero-order valence-electron chi connectivity index (χ0n) is 10.1. The zero-order valence-corrected chi connectivity index (χ0v) is 10.1. The average Bonchev–Trinajstić information content (AvgIpc) is 2.29. The van der Waals surface area contributed by atoms with Crippen molar-refractivity contribution >= 4 is 23.1 Å². The molecule has 1 aliphatic heterocycles. The fourth-order valence-electron chi connectivity index (χ4n) is 1.93. The number of carbonyl (C=O) groups excluding carboxylic acids is 2. The summed E-state index contributed by atoms with van der Waals surface area (Å²) in [5.41, 5.74) is 1.92. The highest BCUT2D eigenvalue weighted by atomic mass is 16.2. The Morgan fingerprint density at radius 3 is 2.65 bits per heavy atom. The number of Topliss-reactive ketones (excluding diaryl/α,β-unsaturated/α-hetero) is 1. The molecular weight excluding hydrogens is 216 g/mol. The number of nitrogens with zero attached hydrogens (tertiary/aromatic N) is 2. The minimum Gasteiger partial charge on any atom is -0.378 e. The lowest BCUT2D eigenvalue weighted by Gasteiger charge is -2.27. The monoisotopic (exact) mass is 232 g/mol. The number of amides is 1. The number of hydrogen-bond acceptors (Lipinski definition) is 3. The van der Waals surface area contributed by atoms with Crippen LogP contribution in [0.15, 0.2) is 24.3 Å². The first-order valence-electron chi connectivity index (χ1n) is 5.67. The predicted molar refractivity (Wildman–Crippen MR) is 67.4 cm³/mol. The topological polar surface area (TPSA) is 40.6 Å². The van der Waals surface area contributed by atoms with Gasteiger partial charge in [-0.2, -0.15) is 0 Å². The molecule has 0 N–H and O–H groups in total. The number of piperidine rings is 1. The van der Waals surface area contributed by atoms with Crippen LogP contribution in [0.4, 0.5) is 11.4 Å². The quantitative estimate of drug-likeness (QED) is 0.725. The Hall–Kier alpha value is -1.84. The van der Waals surface area contributed by atoms with Gasteiger partial charge in [-0.1, -0.05) is 6.07 Å². The van der Waals surface area contributed by atoms with E-state index < -0.39 is 0 Å². The maximum Gasteiger partial charge on any atom is 0.234 e. The maximum absolute atomic E-state index is 11.8. The van der Waals surface area contributed by atoms with E-state index in [1.165, 1.54) is 0 Å². The molecular formula is C13H16N2O2. The summed E-state index contributed by atoms with van der Waals surface area (Å²) < 4.78 is 0. The Bertz CT molecular complexity index is 454. The van der Waals surface area contributed by atoms with E-state index in [2.05, 4.69) is 0 Å². The third-order valence-electron chi connectivity index (χ3n) is 2.92. The Morgan fingerprint density at radius 2 is 2.00 bits per heavy atom. The first-order valence-corrected chi connectivity index (χ1v) is 5.67. The highest BCUT2D eigenvalue weighted by Crippen LogP contribution is 2.23. The number of hydrogen-bond donors (Lipinski definition) is 0. The van der Waals surface area contributed by atoms with Crippen molar-refractivity contribution in [3.63, 3.8) is 0 Å². The van der Waals surface area contributed by atoms with Crippen LogP contribution < -0.4 is 9.80 Å². The molecule has 0 saturated carbocycles. The Balaban J connectivity index is 2.25. The second-order valence-corrected chi connectivity index (χ2v) is 4.43. The van der Waals surface area contributed by atoms with Gasteiger partial charge >= 0.3 is 0 Å². The van der Waals surface area contributed by atoms with E-state index in [9.17, 15) is 9.59 Å². The van der Waals surface area contributed by atoms with Gasteiger partial charge in [0.15, 0.2) is 0 Å². The molecule has 0 atom stereocenters. The molecule has 1 aromatic carbocycles. The zero-order chi connectivity index (χ0) is 12.4. The number of rotatable bonds is 2. The van der Waals surface area contributed by atoms with E-state index in [1.807, 2.05) is 43.3 Å². The molecule has 0 unspecified atom stereocenters. The molecule has 1 aromatic rings. The van der Waals surface area contributed by atoms with E-state index in [0.717, 1.165) is 11.4 Å². The van der Waals surface area contributed by atoms with Gasteiger partial charge in [0.25, 0.3) is 0 Å². The third kappa shape index (κ3) is 2.46. The van der Waals surface area contributed by atoms with Crippen LogP contribution in [0.1, 0.15) is 12.8 Å². The maximum atomic E-state index is 11.8. The first-order chi connectivity index (χ1) is 8.08. The van der Waals surface area contributed by atoms with Crippen LogP contribution in [0.3, 0.4) is 0 Å². The van der Waals surface area contributed by atoms with Crippen molar-refractivity contribution in [2.45, 2.75) is 12.8 Å². The Labute approximate surface area is 101 Å². The van der Waals surface area contributed by atoms with Gasteiger partial charge in [0, 0.05) is 38.4 Å². The van der Waals surface area contributed by atoms with Crippen LogP contribution in [-0.4, -0.2) is 32.3 Å². The molecule has 0 radical (unpaired) electrons. The SMILES string of the molecule is CN(C)c1cccc(N2CCC(=O)CC2=O)c1. The van der Waals surface area contributed by atoms with Gasteiger partial charge in [-0.3, -0.25) is 9.59 Å². The highest BCUT2D eigenvalue weighted by Gasteiger charge is 2.24. The minimum absolute atomic E-state index is 0.0339. The molecule has 1 amide bonds. The van der Waals surface area contributed by atoms with Gasteiger partial charge in [-0.15, -0.1) is 0 Å². The average molecular weight is 232 g/mol. The normalized spacial score (nSPS) is 16.2. The fourth-order valence-corrected chi connectivity index (χ4v) is 1.93. The predicted octanol–water partition coefficient (Wildman–Crippen LogP) is 1.45. The van der Waals surface area contributed by atoms with Crippen LogP contribution in [-0.2, 0) is 9.59 Å². The molecule has 1 fully saturated rings. The van der Waals surface area contributed by atoms with Crippen LogP contribution in [0, 0.1) is 0 Å². The van der Waals surface area contributed by atoms with E-state index in [-0.39, 0.29) is 18.1 Å². The Morgan fingerprint density at radius 1 is 1.24 bits per heavy atom. The molecule has 0 aliphatic carbocycles. The van der Waals surface area contributed by atoms with Crippen LogP contribution in [0.25, 0.3) is 0 Å². The lowest BCUT2D eigenvalue weighted by atomic mass is 10.1. The van der Waals surface area contributed by atoms with Crippen molar-refractivity contribution in [1.29, 1.82) is 0 Å². The van der Waals surface area contributed by atoms with Gasteiger partial charge in [0.2, 0.25) is 5.91 Å². The van der Waals surface area contributed by atoms with Crippen molar-refractivity contribution in [3.05, 3.63) is 24.3 Å². The second kappa shape index (κ2) is 4.57. The van der Waals surface area contributed by atoms with Crippen molar-refractivity contribution in [2.75, 3.05) is 30.4 Å². The highest BCUT2D eigenvalue weighted by molar-refractivity contribution is 6.08. The van der Waals surface area contributed by atoms with Crippen LogP contribution in [0.5, 0.6) is 0 Å². The largest absolute Gasteiger partial charge is 0.378 e. The summed E-state index contributed by atoms with van der Waals surface area (Å²) in [5.74, 6) is -0.0628. The number of anilines is 2. The van der Waals surface area contributed by atoms with Gasteiger partial charge in [-0.25, -0.2) is 0 Å². The van der Waals surface area contributed by atoms with Crippen LogP contribution >= 0.6 is 0 Å². The lowest BCUT2D eigenvalue weighted by Crippen LogP contribution is -2.39. The molecule has 0 spiro atoms. The van der Waals surface area contributed by atoms with Crippen LogP contribution in [0.2, 0.25) is 0 Å². The summed E-state index contributed by atoms with van der Waals surface area (Å²) in [5, 5.41) is 0. The molecule has 0 bridgehead atoms. The summed E-state index contributed by atoms with van der Waals surface area (Å²) in [7, 11) is 3.92. The molecule has 4 heteroatoms. The second-order valence-electron chi connectivity index (χ2n) is 4.43. The van der Waals surface area contributed by atoms with Crippen molar-refractivity contribution in [1.82, 2.24) is 0 Å². The molecule has 2 rings (SSSR count). The van der Waals surface area contributed by atoms with Gasteiger partial charge < -0.3 is 9.80 Å². The molecule has 0 aromatic heterocycles. The smallest absolute Gasteiger partial charge is 0.234 e. The van der Waals surface area contributed by atoms with Crippen molar-refractivity contribution in [3.8, 4) is 0 Å². The summed E-state index contributed by atoms with van der Waals surface area (Å²) in [6, 6.07) is 7.78. The lowest BCUT2D eigenvalue weighted by molar-refractivity contribution is -0.128. The van der Waals surface area contributed by atoms with Crippen molar-refractivity contribution < 1.29 is 9.59 Å². The van der Waals surface area contributed by atoms with Gasteiger partial charge in [-0.05, 0) is 18.2 Å². The molecule has 1 heterocycles. The number of carbonyl (C=O) groups is 2. The van der Waals surface area contributed by atoms with E-state index in [1.54, 1.807) is 4.90 Å². The summed E-state index contributed by atoms with van der Waals surface area (Å²) in [4.78, 5) is 26.6. The molecule has 90 valence electrons. The number of ketones is 1. The first kappa shape index (κ1) is 11.6. The van der Waals surface area contributed by atoms with E-state index in [0.29, 0.717) is 13.0 Å². The molecule has 4 nitrogen and oxygen atoms in total. The molecule has 1 saturated heterocycles. The third-order valence-corrected chi connectivity index (χ3v) is 2.92. The van der Waals surface area contributed by atoms with Gasteiger partial charge in [0.1, 0.15) is 5.78 Å². The molecule has 17 heavy (non-hydrogen) atoms. The molecule has 1 aliphatic rings. The minimum atomic E-state index is -0.0999. The summed E-state index contributed by atoms with van der Waals surface area (Å²) in [6.45, 7) is 0.495. The van der Waals surface area contributed by atoms with Crippen molar-refractivity contribution in [2.24, 2.45) is 0 Å². The summed E-state index contributed by atoms with van der Waals surface area (Å²) >= 11 is 0. The van der Waals surface area contributed by atoms with E-state index >= 15 is 0 Å². The van der Waals surface area contributed by atoms with E-state index in [4.69, 9.17) is 0 Å².